The summed E-state index contributed by atoms with van der Waals surface area (Å²) in [5.41, 5.74) is 0. The minimum Gasteiger partial charge on any atom is -0.480 e. The summed E-state index contributed by atoms with van der Waals surface area (Å²) >= 11 is 1.54. The Kier molecular flexibility index (Phi) is 6.45. The molecule has 0 aromatic rings. The molecule has 0 spiro atoms. The fourth-order valence-corrected chi connectivity index (χ4v) is 2.80. The van der Waals surface area contributed by atoms with Gasteiger partial charge in [-0.05, 0) is 32.9 Å². The number of carboxylic acid groups (broad SMARTS) is 1. The molecule has 4 N–H and O–H groups in total. The maximum Gasteiger partial charge on any atom is 0.328 e. The zero-order valence-electron chi connectivity index (χ0n) is 10.4. The number of amides is 1. The van der Waals surface area contributed by atoms with Crippen LogP contribution in [-0.2, 0) is 9.59 Å². The van der Waals surface area contributed by atoms with E-state index in [1.807, 2.05) is 0 Å². The maximum atomic E-state index is 11.6. The SMILES string of the molecule is C[C@@H](O)[C@H](NC(=O)CSC1CCNCC1)C(=O)O. The molecule has 18 heavy (non-hydrogen) atoms. The molecule has 0 unspecified atom stereocenters. The van der Waals surface area contributed by atoms with Crippen LogP contribution < -0.4 is 10.6 Å². The van der Waals surface area contributed by atoms with Gasteiger partial charge in [0.25, 0.3) is 0 Å². The van der Waals surface area contributed by atoms with Crippen molar-refractivity contribution in [3.63, 3.8) is 0 Å². The highest BCUT2D eigenvalue weighted by molar-refractivity contribution is 8.00. The molecule has 7 heteroatoms. The summed E-state index contributed by atoms with van der Waals surface area (Å²) in [5, 5.41) is 24.1. The molecule has 1 fully saturated rings. The van der Waals surface area contributed by atoms with E-state index < -0.39 is 18.1 Å². The summed E-state index contributed by atoms with van der Waals surface area (Å²) in [5.74, 6) is -1.32. The van der Waals surface area contributed by atoms with Gasteiger partial charge in [0, 0.05) is 5.25 Å². The minimum atomic E-state index is -1.23. The van der Waals surface area contributed by atoms with Gasteiger partial charge in [-0.15, -0.1) is 11.8 Å². The number of aliphatic hydroxyl groups is 1. The molecule has 1 rings (SSSR count). The molecule has 1 heterocycles. The highest BCUT2D eigenvalue weighted by Gasteiger charge is 2.25. The van der Waals surface area contributed by atoms with Crippen molar-refractivity contribution in [3.05, 3.63) is 0 Å². The van der Waals surface area contributed by atoms with Gasteiger partial charge in [0.05, 0.1) is 11.9 Å². The fraction of sp³-hybridized carbons (Fsp3) is 0.818. The zero-order valence-corrected chi connectivity index (χ0v) is 11.2. The van der Waals surface area contributed by atoms with Crippen molar-refractivity contribution in [2.45, 2.75) is 37.2 Å². The second-order valence-electron chi connectivity index (χ2n) is 4.38. The molecule has 6 nitrogen and oxygen atoms in total. The molecule has 1 aliphatic heterocycles. The number of nitrogens with one attached hydrogen (secondary N) is 2. The lowest BCUT2D eigenvalue weighted by molar-refractivity contribution is -0.144. The van der Waals surface area contributed by atoms with Gasteiger partial charge >= 0.3 is 5.97 Å². The molecule has 0 saturated carbocycles. The fourth-order valence-electron chi connectivity index (χ4n) is 1.76. The quantitative estimate of drug-likeness (QED) is 0.518. The van der Waals surface area contributed by atoms with Crippen LogP contribution >= 0.6 is 11.8 Å². The maximum absolute atomic E-state index is 11.6. The molecule has 1 aliphatic rings. The van der Waals surface area contributed by atoms with Gasteiger partial charge < -0.3 is 20.8 Å². The third-order valence-corrected chi connectivity index (χ3v) is 4.17. The smallest absolute Gasteiger partial charge is 0.328 e. The van der Waals surface area contributed by atoms with Crippen molar-refractivity contribution in [3.8, 4) is 0 Å². The van der Waals surface area contributed by atoms with Crippen molar-refractivity contribution in [1.82, 2.24) is 10.6 Å². The van der Waals surface area contributed by atoms with Crippen molar-refractivity contribution >= 4 is 23.6 Å². The normalized spacial score (nSPS) is 20.1. The van der Waals surface area contributed by atoms with E-state index in [1.54, 1.807) is 11.8 Å². The molecule has 2 atom stereocenters. The van der Waals surface area contributed by atoms with E-state index in [2.05, 4.69) is 10.6 Å². The standard InChI is InChI=1S/C11H20N2O4S/c1-7(14)10(11(16)17)13-9(15)6-18-8-2-4-12-5-3-8/h7-8,10,12,14H,2-6H2,1H3,(H,13,15)(H,16,17)/t7-,10+/m1/s1. The minimum absolute atomic E-state index is 0.237. The van der Waals surface area contributed by atoms with Gasteiger partial charge in [-0.3, -0.25) is 4.79 Å². The Bertz CT molecular complexity index is 293. The molecular formula is C11H20N2O4S. The predicted octanol–water partition coefficient (Wildman–Crippen LogP) is -0.578. The summed E-state index contributed by atoms with van der Waals surface area (Å²) in [7, 11) is 0. The Morgan fingerprint density at radius 3 is 2.56 bits per heavy atom. The summed E-state index contributed by atoms with van der Waals surface area (Å²) in [6.45, 7) is 3.27. The summed E-state index contributed by atoms with van der Waals surface area (Å²) in [6, 6.07) is -1.23. The topological polar surface area (TPSA) is 98.7 Å². The summed E-state index contributed by atoms with van der Waals surface area (Å²) in [4.78, 5) is 22.4. The molecule has 0 radical (unpaired) electrons. The number of aliphatic hydroxyl groups excluding tert-OH is 1. The highest BCUT2D eigenvalue weighted by Crippen LogP contribution is 2.19. The first-order valence-corrected chi connectivity index (χ1v) is 7.08. The van der Waals surface area contributed by atoms with Crippen LogP contribution in [0.15, 0.2) is 0 Å². The first kappa shape index (κ1) is 15.3. The molecule has 1 saturated heterocycles. The molecule has 0 bridgehead atoms. The Hall–Kier alpha value is -0.790. The number of aliphatic carboxylic acids is 1. The van der Waals surface area contributed by atoms with Crippen LogP contribution in [-0.4, -0.2) is 58.3 Å². The van der Waals surface area contributed by atoms with Crippen LogP contribution in [0.25, 0.3) is 0 Å². The van der Waals surface area contributed by atoms with Crippen molar-refractivity contribution in [2.24, 2.45) is 0 Å². The van der Waals surface area contributed by atoms with Gasteiger partial charge in [-0.2, -0.15) is 0 Å². The second-order valence-corrected chi connectivity index (χ2v) is 5.67. The molecule has 0 aromatic heterocycles. The van der Waals surface area contributed by atoms with Gasteiger partial charge in [0.1, 0.15) is 0 Å². The van der Waals surface area contributed by atoms with Gasteiger partial charge in [0.2, 0.25) is 5.91 Å². The monoisotopic (exact) mass is 276 g/mol. The Balaban J connectivity index is 2.29. The molecule has 104 valence electrons. The van der Waals surface area contributed by atoms with E-state index >= 15 is 0 Å². The van der Waals surface area contributed by atoms with Crippen molar-refractivity contribution < 1.29 is 19.8 Å². The number of thioether (sulfide) groups is 1. The molecule has 1 amide bonds. The predicted molar refractivity (Wildman–Crippen MR) is 69.6 cm³/mol. The van der Waals surface area contributed by atoms with E-state index in [0.717, 1.165) is 25.9 Å². The average molecular weight is 276 g/mol. The van der Waals surface area contributed by atoms with Crippen molar-refractivity contribution in [1.29, 1.82) is 0 Å². The number of carbonyl (C=O) groups is 2. The number of hydrogen-bond donors (Lipinski definition) is 4. The molecule has 0 aromatic carbocycles. The lowest BCUT2D eigenvalue weighted by Gasteiger charge is -2.22. The largest absolute Gasteiger partial charge is 0.480 e. The summed E-state index contributed by atoms with van der Waals surface area (Å²) < 4.78 is 0. The second kappa shape index (κ2) is 7.60. The van der Waals surface area contributed by atoms with E-state index in [0.29, 0.717) is 5.25 Å². The Labute approximate surface area is 111 Å². The lowest BCUT2D eigenvalue weighted by Crippen LogP contribution is -2.48. The van der Waals surface area contributed by atoms with Crippen LogP contribution in [0.1, 0.15) is 19.8 Å². The van der Waals surface area contributed by atoms with Crippen LogP contribution in [0, 0.1) is 0 Å². The lowest BCUT2D eigenvalue weighted by atomic mass is 10.2. The molecular weight excluding hydrogens is 256 g/mol. The Morgan fingerprint density at radius 2 is 2.06 bits per heavy atom. The number of carboxylic acids is 1. The first-order valence-electron chi connectivity index (χ1n) is 6.03. The number of carbonyl (C=O) groups excluding carboxylic acids is 1. The van der Waals surface area contributed by atoms with E-state index in [4.69, 9.17) is 5.11 Å². The number of rotatable bonds is 6. The number of hydrogen-bond acceptors (Lipinski definition) is 5. The zero-order chi connectivity index (χ0) is 13.5. The van der Waals surface area contributed by atoms with Crippen LogP contribution in [0.3, 0.4) is 0 Å². The van der Waals surface area contributed by atoms with Gasteiger partial charge in [-0.25, -0.2) is 4.79 Å². The Morgan fingerprint density at radius 1 is 1.44 bits per heavy atom. The third kappa shape index (κ3) is 5.24. The van der Waals surface area contributed by atoms with E-state index in [9.17, 15) is 14.7 Å². The molecule has 0 aliphatic carbocycles. The van der Waals surface area contributed by atoms with Crippen LogP contribution in [0.2, 0.25) is 0 Å². The van der Waals surface area contributed by atoms with Crippen LogP contribution in [0.5, 0.6) is 0 Å². The highest BCUT2D eigenvalue weighted by atomic mass is 32.2. The van der Waals surface area contributed by atoms with Crippen LogP contribution in [0.4, 0.5) is 0 Å². The van der Waals surface area contributed by atoms with Gasteiger partial charge in [0.15, 0.2) is 6.04 Å². The third-order valence-electron chi connectivity index (χ3n) is 2.80. The van der Waals surface area contributed by atoms with E-state index in [-0.39, 0.29) is 11.7 Å². The summed E-state index contributed by atoms with van der Waals surface area (Å²) in [6.07, 6.45) is 0.947. The van der Waals surface area contributed by atoms with Gasteiger partial charge in [-0.1, -0.05) is 0 Å². The number of piperidine rings is 1. The van der Waals surface area contributed by atoms with Crippen molar-refractivity contribution in [2.75, 3.05) is 18.8 Å². The average Bonchev–Trinajstić information content (AvgIpc) is 2.34. The first-order chi connectivity index (χ1) is 8.50. The van der Waals surface area contributed by atoms with E-state index in [1.165, 1.54) is 6.92 Å².